The van der Waals surface area contributed by atoms with E-state index < -0.39 is 33.8 Å². The van der Waals surface area contributed by atoms with Crippen molar-refractivity contribution in [1.29, 1.82) is 5.41 Å². The number of nitrogens with one attached hydrogen (secondary N) is 1. The van der Waals surface area contributed by atoms with Gasteiger partial charge in [-0.15, -0.1) is 0 Å². The highest BCUT2D eigenvalue weighted by Gasteiger charge is 2.45. The largest absolute Gasteiger partial charge is 0.469 e. The van der Waals surface area contributed by atoms with Crippen molar-refractivity contribution in [2.45, 2.75) is 67.8 Å². The van der Waals surface area contributed by atoms with Crippen LogP contribution in [0.25, 0.3) is 0 Å². The first-order valence-electron chi connectivity index (χ1n) is 11.3. The Bertz CT molecular complexity index is 885. The lowest BCUT2D eigenvalue weighted by Crippen LogP contribution is -2.48. The van der Waals surface area contributed by atoms with Gasteiger partial charge in [0.05, 0.1) is 12.0 Å². The Kier molecular flexibility index (Phi) is 9.08. The lowest BCUT2D eigenvalue weighted by Gasteiger charge is -2.34. The summed E-state index contributed by atoms with van der Waals surface area (Å²) in [7, 11) is 0. The maximum absolute atomic E-state index is 13.8. The van der Waals surface area contributed by atoms with Crippen molar-refractivity contribution in [3.05, 3.63) is 47.5 Å². The molecule has 180 valence electrons. The minimum Gasteiger partial charge on any atom is -0.469 e. The van der Waals surface area contributed by atoms with E-state index in [9.17, 15) is 9.59 Å². The lowest BCUT2D eigenvalue weighted by atomic mass is 9.85. The summed E-state index contributed by atoms with van der Waals surface area (Å²) in [6.07, 6.45) is 5.79. The number of hydrogen-bond donors (Lipinski definition) is 1. The summed E-state index contributed by atoms with van der Waals surface area (Å²) in [5.74, 6) is -1.63. The molecule has 0 spiro atoms. The van der Waals surface area contributed by atoms with Crippen LogP contribution in [0.1, 0.15) is 51.0 Å². The number of hydrogen-bond acceptors (Lipinski definition) is 5. The molecular weight excluding hydrogens is 487 g/mol. The fourth-order valence-corrected chi connectivity index (χ4v) is 4.53. The molecule has 1 saturated heterocycles. The number of imide groups is 1. The molecule has 1 aliphatic heterocycles. The minimum atomic E-state index is -2.05. The highest BCUT2D eigenvalue weighted by Crippen LogP contribution is 2.35. The lowest BCUT2D eigenvalue weighted by molar-refractivity contribution is -0.136. The minimum absolute atomic E-state index is 0.135. The molecule has 0 unspecified atom stereocenters. The number of allylic oxidation sites excluding steroid dienone is 1. The molecular formula is C24H29Cl3N2O4. The van der Waals surface area contributed by atoms with Crippen LogP contribution in [0.15, 0.2) is 42.0 Å². The second kappa shape index (κ2) is 11.6. The maximum Gasteiger partial charge on any atom is 0.416 e. The Morgan fingerprint density at radius 2 is 2.00 bits per heavy atom. The van der Waals surface area contributed by atoms with Crippen molar-refractivity contribution in [2.75, 3.05) is 6.61 Å². The molecule has 0 bridgehead atoms. The number of halogens is 3. The van der Waals surface area contributed by atoms with Crippen molar-refractivity contribution in [3.8, 4) is 0 Å². The van der Waals surface area contributed by atoms with Crippen LogP contribution in [0.2, 0.25) is 0 Å². The van der Waals surface area contributed by atoms with E-state index in [2.05, 4.69) is 0 Å². The highest BCUT2D eigenvalue weighted by atomic mass is 35.6. The molecule has 1 N–H and O–H groups in total. The van der Waals surface area contributed by atoms with Gasteiger partial charge in [0.2, 0.25) is 11.8 Å². The van der Waals surface area contributed by atoms with E-state index in [1.807, 2.05) is 43.3 Å². The van der Waals surface area contributed by atoms with Crippen LogP contribution in [-0.4, -0.2) is 45.3 Å². The van der Waals surface area contributed by atoms with Crippen LogP contribution in [0.3, 0.4) is 0 Å². The van der Waals surface area contributed by atoms with E-state index in [0.717, 1.165) is 36.8 Å². The van der Waals surface area contributed by atoms with Crippen molar-refractivity contribution in [3.63, 3.8) is 0 Å². The molecule has 1 aromatic rings. The van der Waals surface area contributed by atoms with Crippen LogP contribution < -0.4 is 0 Å². The summed E-state index contributed by atoms with van der Waals surface area (Å²) in [5.41, 5.74) is 1.91. The van der Waals surface area contributed by atoms with Crippen molar-refractivity contribution in [2.24, 2.45) is 5.92 Å². The van der Waals surface area contributed by atoms with E-state index >= 15 is 0 Å². The average Bonchev–Trinajstić information content (AvgIpc) is 3.16. The van der Waals surface area contributed by atoms with E-state index in [1.165, 1.54) is 4.90 Å². The van der Waals surface area contributed by atoms with Gasteiger partial charge in [0.1, 0.15) is 12.7 Å². The van der Waals surface area contributed by atoms with E-state index in [-0.39, 0.29) is 12.5 Å². The van der Waals surface area contributed by atoms with Gasteiger partial charge in [-0.1, -0.05) is 84.6 Å². The molecule has 0 saturated carbocycles. The first-order valence-corrected chi connectivity index (χ1v) is 12.4. The highest BCUT2D eigenvalue weighted by molar-refractivity contribution is 6.76. The molecule has 1 aliphatic carbocycles. The third-order valence-corrected chi connectivity index (χ3v) is 6.50. The van der Waals surface area contributed by atoms with Crippen LogP contribution in [0.4, 0.5) is 4.79 Å². The number of carbonyl (C=O) groups is 2. The van der Waals surface area contributed by atoms with Gasteiger partial charge in [-0.2, -0.15) is 0 Å². The molecule has 0 radical (unpaired) electrons. The van der Waals surface area contributed by atoms with Gasteiger partial charge in [0.25, 0.3) is 3.79 Å². The van der Waals surface area contributed by atoms with Gasteiger partial charge in [-0.25, -0.2) is 9.69 Å². The van der Waals surface area contributed by atoms with E-state index in [0.29, 0.717) is 19.3 Å². The van der Waals surface area contributed by atoms with Gasteiger partial charge in [-0.3, -0.25) is 10.2 Å². The molecule has 1 heterocycles. The Balaban J connectivity index is 1.90. The molecule has 1 aromatic carbocycles. The summed E-state index contributed by atoms with van der Waals surface area (Å²) in [6, 6.07) is 9.24. The predicted molar refractivity (Wildman–Crippen MR) is 130 cm³/mol. The molecule has 2 aliphatic rings. The third-order valence-electron chi connectivity index (χ3n) is 5.99. The van der Waals surface area contributed by atoms with Crippen LogP contribution in [0.5, 0.6) is 0 Å². The molecule has 3 atom stereocenters. The molecule has 2 amide bonds. The Morgan fingerprint density at radius 1 is 1.27 bits per heavy atom. The Hall–Kier alpha value is -1.76. The summed E-state index contributed by atoms with van der Waals surface area (Å²) >= 11 is 17.7. The molecule has 6 nitrogen and oxygen atoms in total. The summed E-state index contributed by atoms with van der Waals surface area (Å²) in [6.45, 7) is 2.09. The fourth-order valence-electron chi connectivity index (χ4n) is 4.39. The fraction of sp³-hybridized carbons (Fsp3) is 0.542. The standard InChI is InChI=1S/C24H29Cl3N2O4/c1-2-9-19(20(17-12-7-4-8-13-17)33-22(28)24(25,26)27)21(30)29-18(15-32-23(29)31)14-16-10-5-3-6-11-16/h3,5-6,10-12,18-20,28H,2,4,7-9,13-15H2,1H3/t18-,19-,20+/m1/s1. The van der Waals surface area contributed by atoms with Gasteiger partial charge in [0, 0.05) is 0 Å². The van der Waals surface area contributed by atoms with Crippen molar-refractivity contribution < 1.29 is 19.1 Å². The Morgan fingerprint density at radius 3 is 2.61 bits per heavy atom. The summed E-state index contributed by atoms with van der Waals surface area (Å²) < 4.78 is 9.08. The quantitative estimate of drug-likeness (QED) is 0.193. The maximum atomic E-state index is 13.8. The van der Waals surface area contributed by atoms with Crippen molar-refractivity contribution >= 4 is 52.7 Å². The SMILES string of the molecule is CCC[C@@H](C(=O)N1C(=O)OC[C@H]1Cc1ccccc1)[C@@H](OC(=N)C(Cl)(Cl)Cl)C1=CCCCC1. The van der Waals surface area contributed by atoms with Crippen molar-refractivity contribution in [1.82, 2.24) is 4.90 Å². The number of cyclic esters (lactones) is 1. The number of rotatable bonds is 8. The first-order chi connectivity index (χ1) is 15.7. The van der Waals surface area contributed by atoms with Gasteiger partial charge < -0.3 is 9.47 Å². The first kappa shape index (κ1) is 25.9. The average molecular weight is 516 g/mol. The molecule has 3 rings (SSSR count). The zero-order valence-corrected chi connectivity index (χ0v) is 20.8. The molecule has 1 fully saturated rings. The second-order valence-corrected chi connectivity index (χ2v) is 10.7. The number of ether oxygens (including phenoxy) is 2. The topological polar surface area (TPSA) is 79.7 Å². The number of carbonyl (C=O) groups excluding carboxylic acids is 2. The third kappa shape index (κ3) is 6.65. The summed E-state index contributed by atoms with van der Waals surface area (Å²) in [4.78, 5) is 27.7. The summed E-state index contributed by atoms with van der Waals surface area (Å²) in [5, 5.41) is 8.13. The number of amides is 2. The molecule has 0 aromatic heterocycles. The Labute approximate surface area is 209 Å². The number of alkyl halides is 3. The van der Waals surface area contributed by atoms with E-state index in [4.69, 9.17) is 49.7 Å². The number of benzene rings is 1. The van der Waals surface area contributed by atoms with Crippen LogP contribution >= 0.6 is 34.8 Å². The van der Waals surface area contributed by atoms with Gasteiger partial charge in [0.15, 0.2) is 0 Å². The van der Waals surface area contributed by atoms with Crippen LogP contribution in [-0.2, 0) is 20.7 Å². The molecule has 9 heteroatoms. The number of nitrogens with zero attached hydrogens (tertiary/aromatic N) is 1. The predicted octanol–water partition coefficient (Wildman–Crippen LogP) is 6.23. The van der Waals surface area contributed by atoms with Gasteiger partial charge in [-0.05, 0) is 49.7 Å². The van der Waals surface area contributed by atoms with Gasteiger partial charge >= 0.3 is 6.09 Å². The van der Waals surface area contributed by atoms with E-state index in [1.54, 1.807) is 0 Å². The monoisotopic (exact) mass is 514 g/mol. The zero-order valence-electron chi connectivity index (χ0n) is 18.6. The van der Waals surface area contributed by atoms with Crippen LogP contribution in [0, 0.1) is 11.3 Å². The smallest absolute Gasteiger partial charge is 0.416 e. The molecule has 33 heavy (non-hydrogen) atoms. The normalized spacial score (nSPS) is 20.6. The second-order valence-electron chi connectivity index (χ2n) is 8.41. The zero-order chi connectivity index (χ0) is 24.0.